The minimum atomic E-state index is -0.635. The van der Waals surface area contributed by atoms with E-state index in [0.29, 0.717) is 6.54 Å². The van der Waals surface area contributed by atoms with Crippen LogP contribution in [0.25, 0.3) is 0 Å². The summed E-state index contributed by atoms with van der Waals surface area (Å²) in [4.78, 5) is 30.4. The lowest BCUT2D eigenvalue weighted by Crippen LogP contribution is -2.66. The van der Waals surface area contributed by atoms with E-state index in [4.69, 9.17) is 0 Å². The molecule has 2 fully saturated rings. The Labute approximate surface area is 116 Å². The highest BCUT2D eigenvalue weighted by Crippen LogP contribution is 2.32. The summed E-state index contributed by atoms with van der Waals surface area (Å²) in [6.07, 6.45) is 4.71. The van der Waals surface area contributed by atoms with Crippen molar-refractivity contribution < 1.29 is 9.59 Å². The minimum Gasteiger partial charge on any atom is -0.340 e. The van der Waals surface area contributed by atoms with E-state index in [1.165, 1.54) is 11.3 Å². The highest BCUT2D eigenvalue weighted by molar-refractivity contribution is 7.07. The maximum absolute atomic E-state index is 12.7. The lowest BCUT2D eigenvalue weighted by atomic mass is 9.79. The highest BCUT2D eigenvalue weighted by Gasteiger charge is 2.46. The number of nitrogens with zero attached hydrogens (tertiary/aromatic N) is 2. The molecule has 0 aromatic carbocycles. The molecule has 3 rings (SSSR count). The number of carbonyl (C=O) groups excluding carboxylic acids is 2. The summed E-state index contributed by atoms with van der Waals surface area (Å²) >= 11 is 1.51. The van der Waals surface area contributed by atoms with E-state index >= 15 is 0 Å². The zero-order valence-corrected chi connectivity index (χ0v) is 11.5. The largest absolute Gasteiger partial charge is 0.340 e. The van der Waals surface area contributed by atoms with Crippen LogP contribution < -0.4 is 5.32 Å². The van der Waals surface area contributed by atoms with Crippen molar-refractivity contribution >= 4 is 23.2 Å². The van der Waals surface area contributed by atoms with Crippen LogP contribution in [0.3, 0.4) is 0 Å². The minimum absolute atomic E-state index is 0.0447. The quantitative estimate of drug-likeness (QED) is 0.887. The molecule has 2 heterocycles. The lowest BCUT2D eigenvalue weighted by molar-refractivity contribution is -0.152. The van der Waals surface area contributed by atoms with Gasteiger partial charge in [0, 0.05) is 5.38 Å². The summed E-state index contributed by atoms with van der Waals surface area (Å²) in [5.41, 5.74) is 1.98. The third kappa shape index (κ3) is 2.36. The number of hydrogen-bond donors (Lipinski definition) is 1. The maximum atomic E-state index is 12.7. The van der Waals surface area contributed by atoms with E-state index in [2.05, 4.69) is 10.3 Å². The van der Waals surface area contributed by atoms with Gasteiger partial charge in [-0.15, -0.1) is 11.3 Å². The summed E-state index contributed by atoms with van der Waals surface area (Å²) in [5, 5.41) is 4.87. The van der Waals surface area contributed by atoms with E-state index in [1.807, 2.05) is 5.38 Å². The molecule has 0 bridgehead atoms. The summed E-state index contributed by atoms with van der Waals surface area (Å²) in [6, 6.07) is 0. The predicted molar refractivity (Wildman–Crippen MR) is 71.5 cm³/mol. The van der Waals surface area contributed by atoms with E-state index in [-0.39, 0.29) is 18.4 Å². The first-order valence-corrected chi connectivity index (χ1v) is 7.61. The molecule has 6 heteroatoms. The van der Waals surface area contributed by atoms with E-state index in [9.17, 15) is 9.59 Å². The van der Waals surface area contributed by atoms with Gasteiger partial charge >= 0.3 is 0 Å². The van der Waals surface area contributed by atoms with Crippen LogP contribution in [0.5, 0.6) is 0 Å². The number of rotatable bonds is 2. The number of aromatic nitrogens is 1. The topological polar surface area (TPSA) is 62.3 Å². The first-order valence-electron chi connectivity index (χ1n) is 6.67. The molecule has 2 amide bonds. The second kappa shape index (κ2) is 4.92. The van der Waals surface area contributed by atoms with Gasteiger partial charge in [0.25, 0.3) is 0 Å². The molecule has 0 unspecified atom stereocenters. The van der Waals surface area contributed by atoms with Gasteiger partial charge in [-0.05, 0) is 12.8 Å². The Kier molecular flexibility index (Phi) is 3.26. The number of nitrogens with one attached hydrogen (secondary N) is 1. The van der Waals surface area contributed by atoms with Gasteiger partial charge in [0.15, 0.2) is 0 Å². The lowest BCUT2D eigenvalue weighted by Gasteiger charge is -2.43. The van der Waals surface area contributed by atoms with Crippen molar-refractivity contribution in [2.45, 2.75) is 44.2 Å². The number of amides is 2. The van der Waals surface area contributed by atoms with Crippen molar-refractivity contribution in [1.29, 1.82) is 0 Å². The Hall–Kier alpha value is -1.43. The summed E-state index contributed by atoms with van der Waals surface area (Å²) in [5.74, 6) is 0.0246. The second-order valence-corrected chi connectivity index (χ2v) is 6.05. The molecule has 5 nitrogen and oxygen atoms in total. The van der Waals surface area contributed by atoms with Gasteiger partial charge in [-0.3, -0.25) is 9.59 Å². The fourth-order valence-corrected chi connectivity index (χ4v) is 3.59. The molecule has 1 saturated heterocycles. The van der Waals surface area contributed by atoms with Crippen molar-refractivity contribution in [2.75, 3.05) is 6.54 Å². The van der Waals surface area contributed by atoms with Crippen LogP contribution in [0.2, 0.25) is 0 Å². The Bertz CT molecular complexity index is 480. The molecule has 1 spiro atoms. The van der Waals surface area contributed by atoms with Crippen LogP contribution in [0.1, 0.15) is 37.8 Å². The smallest absolute Gasteiger partial charge is 0.249 e. The van der Waals surface area contributed by atoms with Crippen molar-refractivity contribution in [1.82, 2.24) is 15.2 Å². The summed E-state index contributed by atoms with van der Waals surface area (Å²) in [7, 11) is 0. The van der Waals surface area contributed by atoms with Crippen molar-refractivity contribution in [3.63, 3.8) is 0 Å². The van der Waals surface area contributed by atoms with Gasteiger partial charge in [-0.2, -0.15) is 0 Å². The third-order valence-corrected chi connectivity index (χ3v) is 4.59. The number of hydrogen-bond acceptors (Lipinski definition) is 4. The molecular weight excluding hydrogens is 262 g/mol. The van der Waals surface area contributed by atoms with Crippen molar-refractivity contribution in [3.8, 4) is 0 Å². The molecule has 19 heavy (non-hydrogen) atoms. The molecule has 0 atom stereocenters. The molecule has 1 saturated carbocycles. The van der Waals surface area contributed by atoms with E-state index < -0.39 is 5.54 Å². The molecule has 1 aliphatic carbocycles. The Morgan fingerprint density at radius 2 is 2.11 bits per heavy atom. The van der Waals surface area contributed by atoms with Crippen LogP contribution in [0, 0.1) is 0 Å². The van der Waals surface area contributed by atoms with Gasteiger partial charge in [0.1, 0.15) is 12.1 Å². The second-order valence-electron chi connectivity index (χ2n) is 5.33. The van der Waals surface area contributed by atoms with Crippen LogP contribution >= 0.6 is 11.3 Å². The van der Waals surface area contributed by atoms with Gasteiger partial charge in [-0.25, -0.2) is 4.98 Å². The predicted octanol–water partition coefficient (Wildman–Crippen LogP) is 1.30. The first kappa shape index (κ1) is 12.6. The van der Waals surface area contributed by atoms with Gasteiger partial charge in [0.2, 0.25) is 11.8 Å². The zero-order chi connectivity index (χ0) is 13.3. The third-order valence-electron chi connectivity index (χ3n) is 3.95. The summed E-state index contributed by atoms with van der Waals surface area (Å²) in [6.45, 7) is 0.593. The molecular formula is C13H17N3O2S. The first-order chi connectivity index (χ1) is 9.20. The zero-order valence-electron chi connectivity index (χ0n) is 10.7. The van der Waals surface area contributed by atoms with Gasteiger partial charge < -0.3 is 10.2 Å². The number of carbonyl (C=O) groups is 2. The number of thiazole rings is 1. The van der Waals surface area contributed by atoms with Crippen LogP contribution in [-0.4, -0.2) is 33.8 Å². The van der Waals surface area contributed by atoms with E-state index in [1.54, 1.807) is 10.4 Å². The van der Waals surface area contributed by atoms with Crippen LogP contribution in [0.15, 0.2) is 10.9 Å². The van der Waals surface area contributed by atoms with Crippen LogP contribution in [0.4, 0.5) is 0 Å². The fraction of sp³-hybridized carbons (Fsp3) is 0.615. The average Bonchev–Trinajstić information content (AvgIpc) is 2.89. The molecule has 102 valence electrons. The molecule has 1 aromatic heterocycles. The van der Waals surface area contributed by atoms with Gasteiger partial charge in [0.05, 0.1) is 17.7 Å². The molecule has 1 aliphatic heterocycles. The van der Waals surface area contributed by atoms with Gasteiger partial charge in [-0.1, -0.05) is 19.3 Å². The Balaban J connectivity index is 1.80. The van der Waals surface area contributed by atoms with Crippen LogP contribution in [-0.2, 0) is 16.1 Å². The van der Waals surface area contributed by atoms with Crippen molar-refractivity contribution in [2.24, 2.45) is 0 Å². The molecule has 1 N–H and O–H groups in total. The average molecular weight is 279 g/mol. The maximum Gasteiger partial charge on any atom is 0.249 e. The van der Waals surface area contributed by atoms with Crippen molar-refractivity contribution in [3.05, 3.63) is 16.6 Å². The van der Waals surface area contributed by atoms with E-state index in [0.717, 1.165) is 37.8 Å². The normalized spacial score (nSPS) is 22.6. The summed E-state index contributed by atoms with van der Waals surface area (Å²) < 4.78 is 0. The molecule has 1 aromatic rings. The SMILES string of the molecule is O=C1CN(Cc2cscn2)C(=O)C2(CCCCC2)N1. The Morgan fingerprint density at radius 3 is 2.79 bits per heavy atom. The highest BCUT2D eigenvalue weighted by atomic mass is 32.1. The number of piperazine rings is 1. The fourth-order valence-electron chi connectivity index (χ4n) is 3.04. The monoisotopic (exact) mass is 279 g/mol. The molecule has 0 radical (unpaired) electrons. The Morgan fingerprint density at radius 1 is 1.32 bits per heavy atom. The standard InChI is InChI=1S/C13H17N3O2S/c17-11-7-16(6-10-8-19-9-14-10)12(18)13(15-11)4-2-1-3-5-13/h8-9H,1-7H2,(H,15,17). The molecule has 2 aliphatic rings.